The molecule has 1 atom stereocenters. The van der Waals surface area contributed by atoms with Gasteiger partial charge in [0.25, 0.3) is 0 Å². The number of hydrogen-bond donors (Lipinski definition) is 0. The van der Waals surface area contributed by atoms with Crippen LogP contribution < -0.4 is 0 Å². The molecule has 1 aliphatic carbocycles. The van der Waals surface area contributed by atoms with E-state index in [1.807, 2.05) is 0 Å². The first-order chi connectivity index (χ1) is 6.02. The van der Waals surface area contributed by atoms with E-state index >= 15 is 0 Å². The van der Waals surface area contributed by atoms with E-state index in [1.165, 1.54) is 16.7 Å². The molecule has 1 aliphatic rings. The van der Waals surface area contributed by atoms with Crippen molar-refractivity contribution in [2.45, 2.75) is 23.9 Å². The fourth-order valence-corrected chi connectivity index (χ4v) is 3.09. The molecule has 0 heterocycles. The van der Waals surface area contributed by atoms with Gasteiger partial charge in [-0.2, -0.15) is 0 Å². The van der Waals surface area contributed by atoms with Crippen LogP contribution in [0.15, 0.2) is 18.2 Å². The molecule has 0 radical (unpaired) electrons. The second-order valence-corrected chi connectivity index (χ2v) is 6.58. The van der Waals surface area contributed by atoms with Crippen molar-refractivity contribution in [1.82, 2.24) is 0 Å². The minimum atomic E-state index is 0.318. The molecule has 13 heavy (non-hydrogen) atoms. The van der Waals surface area contributed by atoms with Crippen molar-refractivity contribution in [3.8, 4) is 0 Å². The van der Waals surface area contributed by atoms with Crippen molar-refractivity contribution < 1.29 is 24.7 Å². The number of fused-ring (bicyclic) bond motifs is 1. The summed E-state index contributed by atoms with van der Waals surface area (Å²) in [6.07, 6.45) is 4.63. The molecule has 0 bridgehead atoms. The van der Waals surface area contributed by atoms with Crippen LogP contribution in [0.2, 0.25) is 0 Å². The number of aryl methyl sites for hydroxylation is 2. The molecule has 1 unspecified atom stereocenters. The quantitative estimate of drug-likeness (QED) is 0.662. The molecule has 1 aromatic carbocycles. The zero-order valence-corrected chi connectivity index (χ0v) is 10.8. The molecule has 2 rings (SSSR count). The van der Waals surface area contributed by atoms with E-state index in [1.54, 1.807) is 30.3 Å². The molecule has 0 saturated carbocycles. The van der Waals surface area contributed by atoms with Crippen molar-refractivity contribution in [1.29, 1.82) is 0 Å². The molecule has 0 fully saturated rings. The predicted octanol–water partition coefficient (Wildman–Crippen LogP) is 3.09. The first kappa shape index (κ1) is 9.40. The summed E-state index contributed by atoms with van der Waals surface area (Å²) in [5.74, 6) is 0. The van der Waals surface area contributed by atoms with E-state index in [0.29, 0.717) is 3.12 Å². The molecule has 0 aliphatic heterocycles. The Morgan fingerprint density at radius 1 is 1.15 bits per heavy atom. The Morgan fingerprint density at radius 2 is 1.77 bits per heavy atom. The molecule has 0 N–H and O–H groups in total. The summed E-state index contributed by atoms with van der Waals surface area (Å²) >= 11 is 1.58. The van der Waals surface area contributed by atoms with Crippen LogP contribution in [0.4, 0.5) is 0 Å². The van der Waals surface area contributed by atoms with Crippen LogP contribution in [0.5, 0.6) is 0 Å². The van der Waals surface area contributed by atoms with Crippen LogP contribution in [-0.4, -0.2) is 0 Å². The fourth-order valence-electron chi connectivity index (χ4n) is 2.07. The van der Waals surface area contributed by atoms with Gasteiger partial charge in [-0.15, -0.1) is 0 Å². The Kier molecular flexibility index (Phi) is 2.11. The summed E-state index contributed by atoms with van der Waals surface area (Å²) in [5.41, 5.74) is 5.85. The van der Waals surface area contributed by atoms with Gasteiger partial charge in [0.1, 0.15) is 0 Å². The Bertz CT molecular complexity index is 386. The standard InChI is InChI=1S/C12H13.Zr/c1-8-4-5-9(2)12-10(3)6-7-11(8)12;/h4-7H,1-3H3;. The molecule has 1 aromatic rings. The third-order valence-corrected chi connectivity index (χ3v) is 3.80. The minimum absolute atomic E-state index is 0.318. The maximum absolute atomic E-state index is 2.34. The van der Waals surface area contributed by atoms with Crippen LogP contribution in [0.3, 0.4) is 0 Å². The number of rotatable bonds is 0. The summed E-state index contributed by atoms with van der Waals surface area (Å²) in [7, 11) is 0. The molecular weight excluding hydrogens is 235 g/mol. The molecular formula is C12H13Zr. The van der Waals surface area contributed by atoms with Gasteiger partial charge in [-0.05, 0) is 0 Å². The fraction of sp³-hybridized carbons (Fsp3) is 0.333. The number of allylic oxidation sites excluding steroid dienone is 1. The second-order valence-electron chi connectivity index (χ2n) is 4.02. The van der Waals surface area contributed by atoms with Crippen LogP contribution >= 0.6 is 0 Å². The monoisotopic (exact) mass is 247 g/mol. The topological polar surface area (TPSA) is 0 Å². The predicted molar refractivity (Wildman–Crippen MR) is 52.3 cm³/mol. The first-order valence-corrected chi connectivity index (χ1v) is 5.80. The third-order valence-electron chi connectivity index (χ3n) is 2.77. The average Bonchev–Trinajstić information content (AvgIpc) is 2.36. The Labute approximate surface area is 94.9 Å². The normalized spacial score (nSPS) is 24.8. The van der Waals surface area contributed by atoms with Crippen molar-refractivity contribution in [2.24, 2.45) is 0 Å². The van der Waals surface area contributed by atoms with Gasteiger partial charge in [0.2, 0.25) is 0 Å². The average molecular weight is 248 g/mol. The van der Waals surface area contributed by atoms with Gasteiger partial charge in [-0.1, -0.05) is 0 Å². The second kappa shape index (κ2) is 2.92. The maximum atomic E-state index is 2.34. The molecule has 0 aromatic heterocycles. The van der Waals surface area contributed by atoms with E-state index in [-0.39, 0.29) is 0 Å². The first-order valence-electron chi connectivity index (χ1n) is 4.57. The summed E-state index contributed by atoms with van der Waals surface area (Å²) in [6.45, 7) is 6.73. The Balaban J connectivity index is 2.76. The van der Waals surface area contributed by atoms with Crippen LogP contribution in [0, 0.1) is 13.8 Å². The van der Waals surface area contributed by atoms with E-state index in [9.17, 15) is 0 Å². The van der Waals surface area contributed by atoms with Crippen LogP contribution in [0.1, 0.15) is 29.2 Å². The Morgan fingerprint density at radius 3 is 2.38 bits per heavy atom. The van der Waals surface area contributed by atoms with E-state index in [0.717, 1.165) is 0 Å². The van der Waals surface area contributed by atoms with Gasteiger partial charge in [-0.25, -0.2) is 0 Å². The van der Waals surface area contributed by atoms with Crippen LogP contribution in [-0.2, 0) is 27.8 Å². The van der Waals surface area contributed by atoms with Gasteiger partial charge in [0.15, 0.2) is 0 Å². The van der Waals surface area contributed by atoms with Crippen LogP contribution in [0.25, 0.3) is 6.08 Å². The molecule has 0 saturated heterocycles. The summed E-state index contributed by atoms with van der Waals surface area (Å²) in [4.78, 5) is 0. The van der Waals surface area contributed by atoms with Crippen molar-refractivity contribution in [3.63, 3.8) is 0 Å². The zero-order valence-electron chi connectivity index (χ0n) is 8.31. The Hall–Kier alpha value is -0.157. The van der Waals surface area contributed by atoms with Crippen molar-refractivity contribution in [3.05, 3.63) is 40.5 Å². The molecule has 0 spiro atoms. The third kappa shape index (κ3) is 1.38. The molecule has 0 amide bonds. The molecule has 1 heteroatoms. The summed E-state index contributed by atoms with van der Waals surface area (Å²) in [6, 6.07) is 4.46. The number of benzene rings is 1. The SMILES string of the molecule is Cc1ccc(C)c2c1C=C[C]2(C)[Zr]. The molecule has 0 nitrogen and oxygen atoms in total. The molecule has 65 valence electrons. The van der Waals surface area contributed by atoms with Gasteiger partial charge < -0.3 is 0 Å². The van der Waals surface area contributed by atoms with Gasteiger partial charge in [0, 0.05) is 0 Å². The zero-order chi connectivity index (χ0) is 9.64. The van der Waals surface area contributed by atoms with Gasteiger partial charge in [0.05, 0.1) is 0 Å². The number of hydrogen-bond acceptors (Lipinski definition) is 0. The van der Waals surface area contributed by atoms with Gasteiger partial charge >= 0.3 is 95.2 Å². The summed E-state index contributed by atoms with van der Waals surface area (Å²) < 4.78 is 0.318. The van der Waals surface area contributed by atoms with E-state index in [2.05, 4.69) is 45.1 Å². The van der Waals surface area contributed by atoms with Crippen molar-refractivity contribution in [2.75, 3.05) is 0 Å². The van der Waals surface area contributed by atoms with E-state index < -0.39 is 0 Å². The van der Waals surface area contributed by atoms with Gasteiger partial charge in [-0.3, -0.25) is 0 Å². The van der Waals surface area contributed by atoms with E-state index in [4.69, 9.17) is 0 Å². The summed E-state index contributed by atoms with van der Waals surface area (Å²) in [5, 5.41) is 0. The van der Waals surface area contributed by atoms with Crippen molar-refractivity contribution >= 4 is 6.08 Å².